The summed E-state index contributed by atoms with van der Waals surface area (Å²) in [7, 11) is -2.97. The monoisotopic (exact) mass is 514 g/mol. The van der Waals surface area contributed by atoms with Crippen LogP contribution in [0.15, 0.2) is 65.6 Å². The van der Waals surface area contributed by atoms with E-state index in [-0.39, 0.29) is 17.5 Å². The molecule has 0 unspecified atom stereocenters. The number of anilines is 1. The number of rotatable bonds is 7. The van der Waals surface area contributed by atoms with Gasteiger partial charge < -0.3 is 9.64 Å². The molecule has 0 bridgehead atoms. The number of amides is 1. The molecule has 1 aliphatic rings. The average molecular weight is 515 g/mol. The van der Waals surface area contributed by atoms with Crippen molar-refractivity contribution >= 4 is 27.6 Å². The first-order chi connectivity index (χ1) is 17.0. The molecular formula is C26H24F2N2O5S. The van der Waals surface area contributed by atoms with Crippen molar-refractivity contribution in [2.75, 3.05) is 11.8 Å². The molecule has 0 saturated carbocycles. The van der Waals surface area contributed by atoms with Gasteiger partial charge in [-0.05, 0) is 52.9 Å². The maximum atomic E-state index is 13.9. The van der Waals surface area contributed by atoms with Gasteiger partial charge in [-0.2, -0.15) is 0 Å². The van der Waals surface area contributed by atoms with E-state index in [2.05, 4.69) is 4.72 Å². The molecule has 3 aromatic carbocycles. The molecule has 4 rings (SSSR count). The van der Waals surface area contributed by atoms with E-state index >= 15 is 0 Å². The van der Waals surface area contributed by atoms with Gasteiger partial charge in [0.25, 0.3) is 15.9 Å². The molecule has 0 spiro atoms. The third-order valence-corrected chi connectivity index (χ3v) is 7.42. The Balaban J connectivity index is 1.55. The standard InChI is InChI=1S/C26H24F2N2O5S/c1-15(2)24(26(32)35-3)30-14-18-5-4-17(12-21(18)25(30)31)16-6-9-20(10-7-16)29-36(33,34)23-11-8-19(27)13-22(23)28/h4-13,15,24,29H,14H2,1-3H3/t24-/m0/s1. The third kappa shape index (κ3) is 4.81. The molecular weight excluding hydrogens is 490 g/mol. The lowest BCUT2D eigenvalue weighted by molar-refractivity contribution is -0.147. The van der Waals surface area contributed by atoms with Gasteiger partial charge in [0.2, 0.25) is 0 Å². The Hall–Kier alpha value is -3.79. The second-order valence-corrected chi connectivity index (χ2v) is 10.4. The first kappa shape index (κ1) is 25.3. The van der Waals surface area contributed by atoms with Crippen molar-refractivity contribution in [3.05, 3.63) is 83.4 Å². The second kappa shape index (κ2) is 9.69. The number of esters is 1. The number of carbonyl (C=O) groups excluding carboxylic acids is 2. The van der Waals surface area contributed by atoms with Crippen LogP contribution in [-0.4, -0.2) is 38.3 Å². The van der Waals surface area contributed by atoms with Crippen LogP contribution in [0.25, 0.3) is 11.1 Å². The summed E-state index contributed by atoms with van der Waals surface area (Å²) in [6.07, 6.45) is 0. The second-order valence-electron chi connectivity index (χ2n) is 8.77. The van der Waals surface area contributed by atoms with E-state index in [1.54, 1.807) is 18.2 Å². The molecule has 0 saturated heterocycles. The van der Waals surface area contributed by atoms with Crippen molar-refractivity contribution in [3.63, 3.8) is 0 Å². The molecule has 0 aliphatic carbocycles. The number of ether oxygens (including phenoxy) is 1. The zero-order valence-corrected chi connectivity index (χ0v) is 20.6. The molecule has 3 aromatic rings. The van der Waals surface area contributed by atoms with E-state index in [1.807, 2.05) is 26.0 Å². The molecule has 1 atom stereocenters. The summed E-state index contributed by atoms with van der Waals surface area (Å²) in [5.41, 5.74) is 2.90. The highest BCUT2D eigenvalue weighted by Gasteiger charge is 2.38. The molecule has 1 N–H and O–H groups in total. The summed E-state index contributed by atoms with van der Waals surface area (Å²) in [6.45, 7) is 4.00. The molecule has 36 heavy (non-hydrogen) atoms. The number of benzene rings is 3. The van der Waals surface area contributed by atoms with Crippen LogP contribution in [0.2, 0.25) is 0 Å². The summed E-state index contributed by atoms with van der Waals surface area (Å²) in [5, 5.41) is 0. The molecule has 7 nitrogen and oxygen atoms in total. The Morgan fingerprint density at radius 2 is 1.67 bits per heavy atom. The quantitative estimate of drug-likeness (QED) is 0.466. The number of hydrogen-bond acceptors (Lipinski definition) is 5. The Morgan fingerprint density at radius 3 is 2.28 bits per heavy atom. The van der Waals surface area contributed by atoms with Crippen molar-refractivity contribution in [3.8, 4) is 11.1 Å². The highest BCUT2D eigenvalue weighted by Crippen LogP contribution is 2.32. The van der Waals surface area contributed by atoms with E-state index in [9.17, 15) is 26.8 Å². The van der Waals surface area contributed by atoms with Gasteiger partial charge in [0.05, 0.1) is 7.11 Å². The van der Waals surface area contributed by atoms with Gasteiger partial charge in [-0.15, -0.1) is 0 Å². The Labute approximate surface area is 207 Å². The number of nitrogens with zero attached hydrogens (tertiary/aromatic N) is 1. The van der Waals surface area contributed by atoms with E-state index in [4.69, 9.17) is 4.74 Å². The molecule has 0 fully saturated rings. The number of halogens is 2. The van der Waals surface area contributed by atoms with Gasteiger partial charge >= 0.3 is 5.97 Å². The minimum absolute atomic E-state index is 0.130. The van der Waals surface area contributed by atoms with Crippen LogP contribution >= 0.6 is 0 Å². The zero-order chi connectivity index (χ0) is 26.2. The van der Waals surface area contributed by atoms with Gasteiger partial charge in [0.1, 0.15) is 22.6 Å². The molecule has 10 heteroatoms. The fourth-order valence-corrected chi connectivity index (χ4v) is 5.36. The molecule has 1 heterocycles. The van der Waals surface area contributed by atoms with E-state index < -0.39 is 38.6 Å². The van der Waals surface area contributed by atoms with Gasteiger partial charge in [-0.25, -0.2) is 22.0 Å². The lowest BCUT2D eigenvalue weighted by atomic mass is 10.0. The Morgan fingerprint density at radius 1 is 1.00 bits per heavy atom. The van der Waals surface area contributed by atoms with Crippen LogP contribution in [0.5, 0.6) is 0 Å². The average Bonchev–Trinajstić information content (AvgIpc) is 3.14. The van der Waals surface area contributed by atoms with Crippen LogP contribution in [0.3, 0.4) is 0 Å². The van der Waals surface area contributed by atoms with Gasteiger partial charge in [0.15, 0.2) is 0 Å². The molecule has 0 aromatic heterocycles. The number of nitrogens with one attached hydrogen (secondary N) is 1. The van der Waals surface area contributed by atoms with Crippen molar-refractivity contribution in [1.29, 1.82) is 0 Å². The van der Waals surface area contributed by atoms with Crippen LogP contribution in [0, 0.1) is 17.6 Å². The van der Waals surface area contributed by atoms with Crippen LogP contribution < -0.4 is 4.72 Å². The summed E-state index contributed by atoms with van der Waals surface area (Å²) >= 11 is 0. The predicted molar refractivity (Wildman–Crippen MR) is 130 cm³/mol. The van der Waals surface area contributed by atoms with Crippen molar-refractivity contribution < 1.29 is 31.5 Å². The van der Waals surface area contributed by atoms with Gasteiger partial charge in [-0.3, -0.25) is 9.52 Å². The SMILES string of the molecule is COC(=O)[C@H](C(C)C)N1Cc2ccc(-c3ccc(NS(=O)(=O)c4ccc(F)cc4F)cc3)cc2C1=O. The summed E-state index contributed by atoms with van der Waals surface area (Å²) in [6, 6.07) is 13.2. The molecule has 1 amide bonds. The summed E-state index contributed by atoms with van der Waals surface area (Å²) in [5.74, 6) is -2.93. The smallest absolute Gasteiger partial charge is 0.328 e. The third-order valence-electron chi connectivity index (χ3n) is 6.01. The number of hydrogen-bond donors (Lipinski definition) is 1. The summed E-state index contributed by atoms with van der Waals surface area (Å²) < 4.78 is 59.2. The van der Waals surface area contributed by atoms with Crippen molar-refractivity contribution in [2.24, 2.45) is 5.92 Å². The van der Waals surface area contributed by atoms with Crippen molar-refractivity contribution in [1.82, 2.24) is 4.90 Å². The number of carbonyl (C=O) groups is 2. The number of sulfonamides is 1. The first-order valence-corrected chi connectivity index (χ1v) is 12.6. The zero-order valence-electron chi connectivity index (χ0n) is 19.8. The number of methoxy groups -OCH3 is 1. The summed E-state index contributed by atoms with van der Waals surface area (Å²) in [4.78, 5) is 26.3. The lowest BCUT2D eigenvalue weighted by Gasteiger charge is -2.28. The normalized spacial score (nSPS) is 14.1. The van der Waals surface area contributed by atoms with Gasteiger partial charge in [0, 0.05) is 23.9 Å². The molecule has 1 aliphatic heterocycles. The van der Waals surface area contributed by atoms with Crippen molar-refractivity contribution in [2.45, 2.75) is 31.3 Å². The van der Waals surface area contributed by atoms with Crippen LogP contribution in [-0.2, 0) is 26.1 Å². The fraction of sp³-hybridized carbons (Fsp3) is 0.231. The topological polar surface area (TPSA) is 92.8 Å². The van der Waals surface area contributed by atoms with Crippen LogP contribution in [0.4, 0.5) is 14.5 Å². The maximum Gasteiger partial charge on any atom is 0.328 e. The maximum absolute atomic E-state index is 13.9. The van der Waals surface area contributed by atoms with E-state index in [0.717, 1.165) is 23.3 Å². The fourth-order valence-electron chi connectivity index (χ4n) is 4.24. The van der Waals surface area contributed by atoms with E-state index in [0.29, 0.717) is 23.7 Å². The minimum Gasteiger partial charge on any atom is -0.467 e. The largest absolute Gasteiger partial charge is 0.467 e. The van der Waals surface area contributed by atoms with Crippen LogP contribution in [0.1, 0.15) is 29.8 Å². The van der Waals surface area contributed by atoms with Gasteiger partial charge in [-0.1, -0.05) is 38.1 Å². The Bertz CT molecular complexity index is 1440. The first-order valence-electron chi connectivity index (χ1n) is 11.1. The Kier molecular flexibility index (Phi) is 6.81. The number of fused-ring (bicyclic) bond motifs is 1. The minimum atomic E-state index is -4.26. The predicted octanol–water partition coefficient (Wildman–Crippen LogP) is 4.59. The molecule has 188 valence electrons. The highest BCUT2D eigenvalue weighted by molar-refractivity contribution is 7.92. The molecule has 0 radical (unpaired) electrons. The highest BCUT2D eigenvalue weighted by atomic mass is 32.2. The lowest BCUT2D eigenvalue weighted by Crippen LogP contribution is -2.45. The van der Waals surface area contributed by atoms with E-state index in [1.165, 1.54) is 24.1 Å².